The minimum Gasteiger partial charge on any atom is -0.363 e. The van der Waals surface area contributed by atoms with Crippen LogP contribution in [0.1, 0.15) is 26.3 Å². The van der Waals surface area contributed by atoms with Crippen LogP contribution in [0.15, 0.2) is 35.3 Å². The number of aromatic nitrogens is 1. The number of benzene rings is 1. The second kappa shape index (κ2) is 8.78. The topological polar surface area (TPSA) is 55.8 Å². The molecule has 152 valence electrons. The smallest absolute Gasteiger partial charge is 0.191 e. The molecule has 6 nitrogen and oxygen atoms in total. The molecule has 0 radical (unpaired) electrons. The lowest BCUT2D eigenvalue weighted by Gasteiger charge is -2.22. The van der Waals surface area contributed by atoms with Gasteiger partial charge in [0, 0.05) is 58.2 Å². The van der Waals surface area contributed by atoms with Crippen molar-refractivity contribution in [3.8, 4) is 0 Å². The molecule has 0 bridgehead atoms. The fraction of sp³-hybridized carbons (Fsp3) is 0.545. The molecule has 1 aliphatic rings. The predicted molar refractivity (Wildman–Crippen MR) is 119 cm³/mol. The highest BCUT2D eigenvalue weighted by molar-refractivity contribution is 5.85. The summed E-state index contributed by atoms with van der Waals surface area (Å²) in [6.45, 7) is 9.74. The molecule has 1 aliphatic heterocycles. The molecule has 2 unspecified atom stereocenters. The van der Waals surface area contributed by atoms with E-state index >= 15 is 0 Å². The Morgan fingerprint density at radius 2 is 2.04 bits per heavy atom. The van der Waals surface area contributed by atoms with Crippen LogP contribution >= 0.6 is 0 Å². The van der Waals surface area contributed by atoms with Crippen molar-refractivity contribution in [2.24, 2.45) is 10.9 Å². The zero-order valence-electron chi connectivity index (χ0n) is 18.0. The molecular formula is C22H34N6. The van der Waals surface area contributed by atoms with Gasteiger partial charge in [-0.1, -0.05) is 25.1 Å². The molecule has 0 saturated carbocycles. The Balaban J connectivity index is 1.72. The number of hydrogen-bond acceptors (Lipinski definition) is 4. The van der Waals surface area contributed by atoms with Crippen molar-refractivity contribution in [2.75, 3.05) is 39.1 Å². The summed E-state index contributed by atoms with van der Waals surface area (Å²) >= 11 is 0. The molecule has 2 heterocycles. The second-order valence-corrected chi connectivity index (χ2v) is 8.25. The monoisotopic (exact) mass is 382 g/mol. The van der Waals surface area contributed by atoms with E-state index in [4.69, 9.17) is 4.98 Å². The number of pyridine rings is 1. The van der Waals surface area contributed by atoms with E-state index in [9.17, 15) is 0 Å². The first-order valence-electron chi connectivity index (χ1n) is 10.2. The predicted octanol–water partition coefficient (Wildman–Crippen LogP) is 2.69. The maximum absolute atomic E-state index is 4.75. The summed E-state index contributed by atoms with van der Waals surface area (Å²) < 4.78 is 0. The van der Waals surface area contributed by atoms with Gasteiger partial charge in [-0.2, -0.15) is 0 Å². The number of nitrogens with zero attached hydrogens (tertiary/aromatic N) is 4. The van der Waals surface area contributed by atoms with Crippen molar-refractivity contribution in [2.45, 2.75) is 39.4 Å². The van der Waals surface area contributed by atoms with Crippen molar-refractivity contribution in [1.29, 1.82) is 0 Å². The van der Waals surface area contributed by atoms with E-state index in [2.05, 4.69) is 65.6 Å². The van der Waals surface area contributed by atoms with Crippen LogP contribution in [-0.2, 0) is 6.54 Å². The van der Waals surface area contributed by atoms with Crippen molar-refractivity contribution >= 4 is 22.7 Å². The van der Waals surface area contributed by atoms with Crippen molar-refractivity contribution in [1.82, 2.24) is 20.5 Å². The third-order valence-electron chi connectivity index (χ3n) is 5.61. The SMILES string of the molecule is CN=C(NCc1cc(N(C)C)nc2ccccc12)NC1CN(C(C)C)CC1C. The van der Waals surface area contributed by atoms with Gasteiger partial charge in [0.25, 0.3) is 0 Å². The summed E-state index contributed by atoms with van der Waals surface area (Å²) in [6, 6.07) is 11.5. The Kier molecular flexibility index (Phi) is 6.39. The normalized spacial score (nSPS) is 20.8. The molecule has 6 heteroatoms. The fourth-order valence-electron chi connectivity index (χ4n) is 3.77. The summed E-state index contributed by atoms with van der Waals surface area (Å²) in [5.41, 5.74) is 2.24. The number of hydrogen-bond donors (Lipinski definition) is 2. The van der Waals surface area contributed by atoms with E-state index in [1.54, 1.807) is 0 Å². The zero-order chi connectivity index (χ0) is 20.3. The highest BCUT2D eigenvalue weighted by atomic mass is 15.3. The number of aliphatic imine (C=N–C) groups is 1. The Labute approximate surface area is 169 Å². The summed E-state index contributed by atoms with van der Waals surface area (Å²) in [4.78, 5) is 13.8. The average molecular weight is 383 g/mol. The van der Waals surface area contributed by atoms with Gasteiger partial charge in [0.2, 0.25) is 0 Å². The molecule has 3 rings (SSSR count). The van der Waals surface area contributed by atoms with E-state index in [0.29, 0.717) is 24.5 Å². The number of anilines is 1. The van der Waals surface area contributed by atoms with Crippen LogP contribution in [0, 0.1) is 5.92 Å². The van der Waals surface area contributed by atoms with Crippen LogP contribution in [0.4, 0.5) is 5.82 Å². The van der Waals surface area contributed by atoms with Crippen LogP contribution in [0.3, 0.4) is 0 Å². The minimum atomic E-state index is 0.417. The number of nitrogens with one attached hydrogen (secondary N) is 2. The minimum absolute atomic E-state index is 0.417. The van der Waals surface area contributed by atoms with E-state index in [1.807, 2.05) is 32.1 Å². The van der Waals surface area contributed by atoms with Crippen LogP contribution in [0.5, 0.6) is 0 Å². The van der Waals surface area contributed by atoms with Crippen molar-refractivity contribution in [3.05, 3.63) is 35.9 Å². The van der Waals surface area contributed by atoms with Crippen LogP contribution in [-0.4, -0.2) is 62.2 Å². The Morgan fingerprint density at radius 1 is 1.29 bits per heavy atom. The van der Waals surface area contributed by atoms with E-state index < -0.39 is 0 Å². The molecule has 28 heavy (non-hydrogen) atoms. The molecule has 2 atom stereocenters. The van der Waals surface area contributed by atoms with Gasteiger partial charge in [0.05, 0.1) is 5.52 Å². The molecule has 1 saturated heterocycles. The van der Waals surface area contributed by atoms with Crippen LogP contribution in [0.25, 0.3) is 10.9 Å². The number of fused-ring (bicyclic) bond motifs is 1. The number of para-hydroxylation sites is 1. The molecule has 0 aliphatic carbocycles. The first-order valence-corrected chi connectivity index (χ1v) is 10.2. The highest BCUT2D eigenvalue weighted by Gasteiger charge is 2.31. The molecule has 1 aromatic carbocycles. The number of rotatable bonds is 5. The molecular weight excluding hydrogens is 348 g/mol. The van der Waals surface area contributed by atoms with Gasteiger partial charge in [0.1, 0.15) is 5.82 Å². The third-order valence-corrected chi connectivity index (χ3v) is 5.61. The van der Waals surface area contributed by atoms with Crippen molar-refractivity contribution in [3.63, 3.8) is 0 Å². The fourth-order valence-corrected chi connectivity index (χ4v) is 3.77. The Hall–Kier alpha value is -2.34. The molecule has 2 N–H and O–H groups in total. The lowest BCUT2D eigenvalue weighted by molar-refractivity contribution is 0.265. The number of likely N-dealkylation sites (tertiary alicyclic amines) is 1. The van der Waals surface area contributed by atoms with Gasteiger partial charge in [-0.3, -0.25) is 9.89 Å². The van der Waals surface area contributed by atoms with E-state index in [-0.39, 0.29) is 0 Å². The van der Waals surface area contributed by atoms with E-state index in [1.165, 1.54) is 10.9 Å². The maximum atomic E-state index is 4.75. The third kappa shape index (κ3) is 4.55. The Morgan fingerprint density at radius 3 is 2.68 bits per heavy atom. The molecule has 0 spiro atoms. The average Bonchev–Trinajstić information content (AvgIpc) is 3.05. The van der Waals surface area contributed by atoms with Crippen LogP contribution in [0.2, 0.25) is 0 Å². The summed E-state index contributed by atoms with van der Waals surface area (Å²) in [6.07, 6.45) is 0. The van der Waals surface area contributed by atoms with Gasteiger partial charge in [-0.05, 0) is 37.5 Å². The summed E-state index contributed by atoms with van der Waals surface area (Å²) in [7, 11) is 5.89. The van der Waals surface area contributed by atoms with Gasteiger partial charge >= 0.3 is 0 Å². The largest absolute Gasteiger partial charge is 0.363 e. The maximum Gasteiger partial charge on any atom is 0.191 e. The van der Waals surface area contributed by atoms with Crippen LogP contribution < -0.4 is 15.5 Å². The molecule has 1 fully saturated rings. The number of guanidine groups is 1. The lowest BCUT2D eigenvalue weighted by Crippen LogP contribution is -2.46. The zero-order valence-corrected chi connectivity index (χ0v) is 18.0. The quantitative estimate of drug-likeness (QED) is 0.615. The van der Waals surface area contributed by atoms with Gasteiger partial charge < -0.3 is 15.5 Å². The first-order chi connectivity index (χ1) is 13.4. The molecule has 0 amide bonds. The van der Waals surface area contributed by atoms with Crippen molar-refractivity contribution < 1.29 is 0 Å². The highest BCUT2D eigenvalue weighted by Crippen LogP contribution is 2.22. The standard InChI is InChI=1S/C22H34N6/c1-15(2)28-13-16(3)20(14-28)26-22(23-4)24-12-17-11-21(27(5)6)25-19-10-8-7-9-18(17)19/h7-11,15-16,20H,12-14H2,1-6H3,(H2,23,24,26). The summed E-state index contributed by atoms with van der Waals surface area (Å²) in [5, 5.41) is 8.31. The molecule has 1 aromatic heterocycles. The Bertz CT molecular complexity index is 829. The molecule has 2 aromatic rings. The summed E-state index contributed by atoms with van der Waals surface area (Å²) in [5.74, 6) is 2.42. The second-order valence-electron chi connectivity index (χ2n) is 8.25. The van der Waals surface area contributed by atoms with Gasteiger partial charge in [-0.25, -0.2) is 4.98 Å². The van der Waals surface area contributed by atoms with Gasteiger partial charge in [-0.15, -0.1) is 0 Å². The lowest BCUT2D eigenvalue weighted by atomic mass is 10.1. The van der Waals surface area contributed by atoms with E-state index in [0.717, 1.165) is 30.4 Å². The van der Waals surface area contributed by atoms with Gasteiger partial charge in [0.15, 0.2) is 5.96 Å². The first kappa shape index (κ1) is 20.4.